The van der Waals surface area contributed by atoms with Crippen molar-refractivity contribution in [3.8, 4) is 0 Å². The van der Waals surface area contributed by atoms with Gasteiger partial charge in [-0.2, -0.15) is 0 Å². The van der Waals surface area contributed by atoms with Gasteiger partial charge in [-0.05, 0) is 31.5 Å². The summed E-state index contributed by atoms with van der Waals surface area (Å²) >= 11 is 4.85. The molecule has 0 aliphatic heterocycles. The van der Waals surface area contributed by atoms with Gasteiger partial charge in [-0.3, -0.25) is 4.79 Å². The van der Waals surface area contributed by atoms with Gasteiger partial charge in [0.2, 0.25) is 5.91 Å². The number of carbonyl (C=O) groups excluding carboxylic acids is 1. The second-order valence-electron chi connectivity index (χ2n) is 4.34. The standard InChI is InChI=1S/C12H15FN2OS/c1-12(2,11(14)17)15-10(16)7-8-3-5-9(13)6-4-8/h3-6H,7H2,1-2H3,(H2,14,17)(H,15,16). The zero-order chi connectivity index (χ0) is 13.1. The number of benzene rings is 1. The molecule has 0 spiro atoms. The summed E-state index contributed by atoms with van der Waals surface area (Å²) in [6.07, 6.45) is 0.173. The molecule has 0 saturated heterocycles. The monoisotopic (exact) mass is 254 g/mol. The lowest BCUT2D eigenvalue weighted by atomic mass is 10.0. The van der Waals surface area contributed by atoms with Crippen LogP contribution in [-0.4, -0.2) is 16.4 Å². The fourth-order valence-corrected chi connectivity index (χ4v) is 1.29. The lowest BCUT2D eigenvalue weighted by molar-refractivity contribution is -0.121. The topological polar surface area (TPSA) is 55.1 Å². The van der Waals surface area contributed by atoms with E-state index in [0.717, 1.165) is 5.56 Å². The maximum atomic E-state index is 12.7. The first kappa shape index (κ1) is 13.6. The van der Waals surface area contributed by atoms with Crippen molar-refractivity contribution in [1.82, 2.24) is 5.32 Å². The number of nitrogens with one attached hydrogen (secondary N) is 1. The number of amides is 1. The van der Waals surface area contributed by atoms with Crippen molar-refractivity contribution in [2.75, 3.05) is 0 Å². The smallest absolute Gasteiger partial charge is 0.225 e. The summed E-state index contributed by atoms with van der Waals surface area (Å²) in [5, 5.41) is 2.72. The van der Waals surface area contributed by atoms with Crippen LogP contribution in [0.3, 0.4) is 0 Å². The van der Waals surface area contributed by atoms with Gasteiger partial charge in [-0.15, -0.1) is 0 Å². The number of thiocarbonyl (C=S) groups is 1. The summed E-state index contributed by atoms with van der Waals surface area (Å²) in [5.41, 5.74) is 5.52. The molecule has 0 fully saturated rings. The van der Waals surface area contributed by atoms with Gasteiger partial charge >= 0.3 is 0 Å². The highest BCUT2D eigenvalue weighted by Gasteiger charge is 2.23. The van der Waals surface area contributed by atoms with Crippen LogP contribution in [0.15, 0.2) is 24.3 Å². The predicted molar refractivity (Wildman–Crippen MR) is 69.1 cm³/mol. The Bertz CT molecular complexity index is 429. The van der Waals surface area contributed by atoms with E-state index in [9.17, 15) is 9.18 Å². The Morgan fingerprint density at radius 2 is 1.94 bits per heavy atom. The van der Waals surface area contributed by atoms with E-state index in [1.807, 2.05) is 0 Å². The predicted octanol–water partition coefficient (Wildman–Crippen LogP) is 1.55. The van der Waals surface area contributed by atoms with Gasteiger partial charge < -0.3 is 11.1 Å². The quantitative estimate of drug-likeness (QED) is 0.802. The molecule has 0 aliphatic carbocycles. The van der Waals surface area contributed by atoms with Crippen molar-refractivity contribution in [3.05, 3.63) is 35.6 Å². The largest absolute Gasteiger partial charge is 0.391 e. The third-order valence-corrected chi connectivity index (χ3v) is 2.86. The SMILES string of the molecule is CC(C)(NC(=O)Cc1ccc(F)cc1)C(N)=S. The second kappa shape index (κ2) is 5.23. The minimum absolute atomic E-state index is 0.173. The van der Waals surface area contributed by atoms with Gasteiger partial charge in [0.15, 0.2) is 0 Å². The highest BCUT2D eigenvalue weighted by atomic mass is 32.1. The molecule has 1 amide bonds. The summed E-state index contributed by atoms with van der Waals surface area (Å²) in [6, 6.07) is 5.79. The zero-order valence-corrected chi connectivity index (χ0v) is 10.6. The molecule has 0 bridgehead atoms. The van der Waals surface area contributed by atoms with Crippen molar-refractivity contribution < 1.29 is 9.18 Å². The fraction of sp³-hybridized carbons (Fsp3) is 0.333. The Hall–Kier alpha value is -1.49. The van der Waals surface area contributed by atoms with E-state index in [4.69, 9.17) is 18.0 Å². The van der Waals surface area contributed by atoms with Gasteiger partial charge in [0.05, 0.1) is 16.9 Å². The number of halogens is 1. The van der Waals surface area contributed by atoms with Crippen LogP contribution in [0.25, 0.3) is 0 Å². The third-order valence-electron chi connectivity index (χ3n) is 2.35. The van der Waals surface area contributed by atoms with Gasteiger partial charge in [-0.1, -0.05) is 24.4 Å². The molecular weight excluding hydrogens is 239 g/mol. The maximum absolute atomic E-state index is 12.7. The van der Waals surface area contributed by atoms with E-state index in [1.54, 1.807) is 26.0 Å². The minimum Gasteiger partial charge on any atom is -0.391 e. The molecule has 0 heterocycles. The molecule has 1 aromatic carbocycles. The first-order valence-corrected chi connectivity index (χ1v) is 5.57. The van der Waals surface area contributed by atoms with E-state index >= 15 is 0 Å². The fourth-order valence-electron chi connectivity index (χ4n) is 1.24. The molecule has 3 nitrogen and oxygen atoms in total. The minimum atomic E-state index is -0.716. The van der Waals surface area contributed by atoms with Crippen LogP contribution in [0.1, 0.15) is 19.4 Å². The Labute approximate surface area is 105 Å². The van der Waals surface area contributed by atoms with Gasteiger partial charge in [0.25, 0.3) is 0 Å². The summed E-state index contributed by atoms with van der Waals surface area (Å²) in [6.45, 7) is 3.47. The van der Waals surface area contributed by atoms with Crippen molar-refractivity contribution in [2.45, 2.75) is 25.8 Å². The van der Waals surface area contributed by atoms with Gasteiger partial charge in [0, 0.05) is 0 Å². The molecule has 1 aromatic rings. The number of nitrogens with two attached hydrogens (primary N) is 1. The average Bonchev–Trinajstić information content (AvgIpc) is 2.20. The lowest BCUT2D eigenvalue weighted by Crippen LogP contribution is -2.52. The summed E-state index contributed by atoms with van der Waals surface area (Å²) in [5.74, 6) is -0.521. The molecule has 0 aromatic heterocycles. The molecular formula is C12H15FN2OS. The van der Waals surface area contributed by atoms with E-state index in [0.29, 0.717) is 0 Å². The number of rotatable bonds is 4. The van der Waals surface area contributed by atoms with Crippen molar-refractivity contribution >= 4 is 23.1 Å². The first-order chi connectivity index (χ1) is 7.81. The highest BCUT2D eigenvalue weighted by Crippen LogP contribution is 2.06. The molecule has 1 rings (SSSR count). The molecule has 0 aliphatic rings. The van der Waals surface area contributed by atoms with Crippen LogP contribution in [0, 0.1) is 5.82 Å². The van der Waals surface area contributed by atoms with Crippen molar-refractivity contribution in [2.24, 2.45) is 5.73 Å². The number of hydrogen-bond acceptors (Lipinski definition) is 2. The van der Waals surface area contributed by atoms with Crippen LogP contribution >= 0.6 is 12.2 Å². The maximum Gasteiger partial charge on any atom is 0.225 e. The van der Waals surface area contributed by atoms with E-state index in [-0.39, 0.29) is 23.1 Å². The summed E-state index contributed by atoms with van der Waals surface area (Å²) in [7, 11) is 0. The molecule has 0 radical (unpaired) electrons. The highest BCUT2D eigenvalue weighted by molar-refractivity contribution is 7.80. The van der Waals surface area contributed by atoms with E-state index in [2.05, 4.69) is 5.32 Å². The Morgan fingerprint density at radius 3 is 2.41 bits per heavy atom. The van der Waals surface area contributed by atoms with Crippen LogP contribution in [0.5, 0.6) is 0 Å². The Morgan fingerprint density at radius 1 is 1.41 bits per heavy atom. The molecule has 3 N–H and O–H groups in total. The van der Waals surface area contributed by atoms with Crippen LogP contribution in [0.4, 0.5) is 4.39 Å². The number of carbonyl (C=O) groups is 1. The molecule has 92 valence electrons. The van der Waals surface area contributed by atoms with E-state index < -0.39 is 5.54 Å². The van der Waals surface area contributed by atoms with Crippen LogP contribution in [-0.2, 0) is 11.2 Å². The van der Waals surface area contributed by atoms with E-state index in [1.165, 1.54) is 12.1 Å². The summed E-state index contributed by atoms with van der Waals surface area (Å²) < 4.78 is 12.7. The number of hydrogen-bond donors (Lipinski definition) is 2. The first-order valence-electron chi connectivity index (χ1n) is 5.16. The van der Waals surface area contributed by atoms with Crippen LogP contribution in [0.2, 0.25) is 0 Å². The van der Waals surface area contributed by atoms with Crippen molar-refractivity contribution in [3.63, 3.8) is 0 Å². The summed E-state index contributed by atoms with van der Waals surface area (Å²) in [4.78, 5) is 11.9. The third kappa shape index (κ3) is 4.11. The van der Waals surface area contributed by atoms with Crippen molar-refractivity contribution in [1.29, 1.82) is 0 Å². The molecule has 0 saturated carbocycles. The normalized spacial score (nSPS) is 11.0. The molecule has 17 heavy (non-hydrogen) atoms. The van der Waals surface area contributed by atoms with Gasteiger partial charge in [-0.25, -0.2) is 4.39 Å². The second-order valence-corrected chi connectivity index (χ2v) is 4.78. The zero-order valence-electron chi connectivity index (χ0n) is 9.79. The van der Waals surface area contributed by atoms with Crippen LogP contribution < -0.4 is 11.1 Å². The lowest BCUT2D eigenvalue weighted by Gasteiger charge is -2.24. The average molecular weight is 254 g/mol. The molecule has 0 unspecified atom stereocenters. The Kier molecular flexibility index (Phi) is 4.17. The Balaban J connectivity index is 2.62. The molecule has 5 heteroatoms. The molecule has 0 atom stereocenters. The van der Waals surface area contributed by atoms with Gasteiger partial charge in [0.1, 0.15) is 5.82 Å².